The van der Waals surface area contributed by atoms with Crippen molar-refractivity contribution in [2.75, 3.05) is 18.1 Å². The van der Waals surface area contributed by atoms with Crippen molar-refractivity contribution in [1.82, 2.24) is 5.32 Å². The van der Waals surface area contributed by atoms with Crippen LogP contribution in [0.2, 0.25) is 0 Å². The molecule has 0 amide bonds. The van der Waals surface area contributed by atoms with Crippen molar-refractivity contribution in [1.29, 1.82) is 0 Å². The Labute approximate surface area is 88.2 Å². The number of hydrogen-bond acceptors (Lipinski definition) is 3. The van der Waals surface area contributed by atoms with Crippen molar-refractivity contribution in [3.05, 3.63) is 0 Å². The minimum Gasteiger partial charge on any atom is -0.314 e. The molecule has 0 radical (unpaired) electrons. The minimum absolute atomic E-state index is 0.0639. The van der Waals surface area contributed by atoms with E-state index in [4.69, 9.17) is 0 Å². The van der Waals surface area contributed by atoms with Crippen LogP contribution in [0.4, 0.5) is 0 Å². The van der Waals surface area contributed by atoms with Gasteiger partial charge in [-0.1, -0.05) is 27.2 Å². The summed E-state index contributed by atoms with van der Waals surface area (Å²) in [5.41, 5.74) is 0. The first-order valence-electron chi connectivity index (χ1n) is 5.35. The fourth-order valence-electron chi connectivity index (χ4n) is 1.41. The molecule has 0 aliphatic carbocycles. The van der Waals surface area contributed by atoms with Gasteiger partial charge in [0.2, 0.25) is 0 Å². The highest BCUT2D eigenvalue weighted by Crippen LogP contribution is 2.06. The summed E-state index contributed by atoms with van der Waals surface area (Å²) in [6.45, 7) is 8.72. The number of sulfone groups is 1. The predicted molar refractivity (Wildman–Crippen MR) is 61.2 cm³/mol. The molecule has 0 aliphatic rings. The first kappa shape index (κ1) is 13.9. The van der Waals surface area contributed by atoms with Gasteiger partial charge < -0.3 is 5.32 Å². The van der Waals surface area contributed by atoms with Crippen molar-refractivity contribution in [2.45, 2.75) is 40.2 Å². The van der Waals surface area contributed by atoms with Crippen LogP contribution in [0.1, 0.15) is 34.1 Å². The van der Waals surface area contributed by atoms with E-state index in [-0.39, 0.29) is 17.7 Å². The molecule has 1 N–H and O–H groups in total. The normalized spacial score (nSPS) is 16.6. The first-order valence-corrected chi connectivity index (χ1v) is 7.17. The van der Waals surface area contributed by atoms with Gasteiger partial charge in [-0.05, 0) is 19.4 Å². The van der Waals surface area contributed by atoms with Gasteiger partial charge in [0.15, 0.2) is 9.84 Å². The Bertz CT molecular complexity index is 237. The summed E-state index contributed by atoms with van der Waals surface area (Å²) in [6.07, 6.45) is 0.925. The topological polar surface area (TPSA) is 46.2 Å². The van der Waals surface area contributed by atoms with Crippen molar-refractivity contribution in [3.8, 4) is 0 Å². The van der Waals surface area contributed by atoms with Crippen molar-refractivity contribution in [3.63, 3.8) is 0 Å². The molecule has 0 rings (SSSR count). The monoisotopic (exact) mass is 221 g/mol. The Hall–Kier alpha value is -0.0900. The number of rotatable bonds is 7. The zero-order valence-electron chi connectivity index (χ0n) is 9.71. The lowest BCUT2D eigenvalue weighted by molar-refractivity contribution is 0.545. The second kappa shape index (κ2) is 6.40. The van der Waals surface area contributed by atoms with Gasteiger partial charge in [0, 0.05) is 6.04 Å². The smallest absolute Gasteiger partial charge is 0.152 e. The maximum atomic E-state index is 11.6. The molecule has 86 valence electrons. The fourth-order valence-corrected chi connectivity index (χ4v) is 3.53. The maximum absolute atomic E-state index is 11.6. The second-order valence-corrected chi connectivity index (χ2v) is 6.20. The van der Waals surface area contributed by atoms with Crippen LogP contribution in [0, 0.1) is 5.92 Å². The van der Waals surface area contributed by atoms with Gasteiger partial charge in [-0.3, -0.25) is 0 Å². The molecule has 14 heavy (non-hydrogen) atoms. The van der Waals surface area contributed by atoms with E-state index < -0.39 is 9.84 Å². The molecule has 3 nitrogen and oxygen atoms in total. The average Bonchev–Trinajstić information content (AvgIpc) is 2.02. The Kier molecular flexibility index (Phi) is 6.36. The zero-order chi connectivity index (χ0) is 11.2. The van der Waals surface area contributed by atoms with Crippen LogP contribution in [0.5, 0.6) is 0 Å². The van der Waals surface area contributed by atoms with E-state index in [0.29, 0.717) is 5.75 Å². The van der Waals surface area contributed by atoms with Crippen LogP contribution in [-0.4, -0.2) is 32.5 Å². The van der Waals surface area contributed by atoms with Gasteiger partial charge in [-0.25, -0.2) is 8.42 Å². The van der Waals surface area contributed by atoms with Gasteiger partial charge in [0.25, 0.3) is 0 Å². The van der Waals surface area contributed by atoms with Crippen LogP contribution >= 0.6 is 0 Å². The van der Waals surface area contributed by atoms with Crippen molar-refractivity contribution < 1.29 is 8.42 Å². The van der Waals surface area contributed by atoms with Gasteiger partial charge >= 0.3 is 0 Å². The standard InChI is InChI=1S/C10H23NO2S/c1-5-9(3)7-14(12,13)8-10(4)11-6-2/h9-11H,5-8H2,1-4H3. The summed E-state index contributed by atoms with van der Waals surface area (Å²) in [6, 6.07) is 0.0639. The zero-order valence-corrected chi connectivity index (χ0v) is 10.5. The molecule has 4 heteroatoms. The second-order valence-electron chi connectivity index (χ2n) is 4.05. The summed E-state index contributed by atoms with van der Waals surface area (Å²) in [4.78, 5) is 0. The van der Waals surface area contributed by atoms with E-state index >= 15 is 0 Å². The van der Waals surface area contributed by atoms with Crippen LogP contribution in [0.15, 0.2) is 0 Å². The van der Waals surface area contributed by atoms with E-state index in [0.717, 1.165) is 13.0 Å². The van der Waals surface area contributed by atoms with Gasteiger partial charge in [-0.15, -0.1) is 0 Å². The SMILES string of the molecule is CCNC(C)CS(=O)(=O)CC(C)CC. The minimum atomic E-state index is -2.88. The quantitative estimate of drug-likeness (QED) is 0.707. The highest BCUT2D eigenvalue weighted by molar-refractivity contribution is 7.91. The van der Waals surface area contributed by atoms with Crippen molar-refractivity contribution >= 4 is 9.84 Å². The van der Waals surface area contributed by atoms with E-state index in [1.54, 1.807) is 0 Å². The molecule has 0 saturated carbocycles. The van der Waals surface area contributed by atoms with Crippen LogP contribution in [-0.2, 0) is 9.84 Å². The lowest BCUT2D eigenvalue weighted by Gasteiger charge is -2.14. The van der Waals surface area contributed by atoms with Gasteiger partial charge in [0.1, 0.15) is 0 Å². The summed E-state index contributed by atoms with van der Waals surface area (Å²) in [5, 5.41) is 3.11. The third-order valence-electron chi connectivity index (χ3n) is 2.29. The largest absolute Gasteiger partial charge is 0.314 e. The molecular weight excluding hydrogens is 198 g/mol. The molecule has 0 saturated heterocycles. The van der Waals surface area contributed by atoms with E-state index in [1.165, 1.54) is 0 Å². The van der Waals surface area contributed by atoms with Crippen LogP contribution < -0.4 is 5.32 Å². The van der Waals surface area contributed by atoms with Gasteiger partial charge in [0.05, 0.1) is 11.5 Å². The summed E-state index contributed by atoms with van der Waals surface area (Å²) in [5.74, 6) is 0.846. The highest BCUT2D eigenvalue weighted by atomic mass is 32.2. The molecular formula is C10H23NO2S. The maximum Gasteiger partial charge on any atom is 0.152 e. The Morgan fingerprint density at radius 2 is 1.71 bits per heavy atom. The Morgan fingerprint density at radius 1 is 1.14 bits per heavy atom. The first-order chi connectivity index (χ1) is 6.41. The molecule has 0 aliphatic heterocycles. The fraction of sp³-hybridized carbons (Fsp3) is 1.00. The highest BCUT2D eigenvalue weighted by Gasteiger charge is 2.17. The number of nitrogens with one attached hydrogen (secondary N) is 1. The third-order valence-corrected chi connectivity index (χ3v) is 4.38. The average molecular weight is 221 g/mol. The molecule has 0 spiro atoms. The van der Waals surface area contributed by atoms with Crippen LogP contribution in [0.25, 0.3) is 0 Å². The van der Waals surface area contributed by atoms with E-state index in [2.05, 4.69) is 5.32 Å². The summed E-state index contributed by atoms with van der Waals surface area (Å²) >= 11 is 0. The lowest BCUT2D eigenvalue weighted by Crippen LogP contribution is -2.34. The Balaban J connectivity index is 4.07. The summed E-state index contributed by atoms with van der Waals surface area (Å²) in [7, 11) is -2.88. The van der Waals surface area contributed by atoms with E-state index in [9.17, 15) is 8.42 Å². The predicted octanol–water partition coefficient (Wildman–Crippen LogP) is 1.45. The van der Waals surface area contributed by atoms with Gasteiger partial charge in [-0.2, -0.15) is 0 Å². The third kappa shape index (κ3) is 6.38. The van der Waals surface area contributed by atoms with E-state index in [1.807, 2.05) is 27.7 Å². The molecule has 2 unspecified atom stereocenters. The molecule has 0 aromatic carbocycles. The van der Waals surface area contributed by atoms with Crippen molar-refractivity contribution in [2.24, 2.45) is 5.92 Å². The Morgan fingerprint density at radius 3 is 2.14 bits per heavy atom. The lowest BCUT2D eigenvalue weighted by atomic mass is 10.2. The molecule has 0 bridgehead atoms. The molecule has 0 fully saturated rings. The summed E-state index contributed by atoms with van der Waals surface area (Å²) < 4.78 is 23.3. The number of hydrogen-bond donors (Lipinski definition) is 1. The molecule has 0 aromatic rings. The van der Waals surface area contributed by atoms with Crippen LogP contribution in [0.3, 0.4) is 0 Å². The molecule has 0 heterocycles. The molecule has 0 aromatic heterocycles. The molecule has 2 atom stereocenters.